The highest BCUT2D eigenvalue weighted by molar-refractivity contribution is 5.73. The van der Waals surface area contributed by atoms with Gasteiger partial charge >= 0.3 is 5.97 Å². The molecule has 4 heteroatoms. The first-order valence-corrected chi connectivity index (χ1v) is 9.55. The summed E-state index contributed by atoms with van der Waals surface area (Å²) in [6.07, 6.45) is 10.1. The predicted octanol–water partition coefficient (Wildman–Crippen LogP) is 4.01. The summed E-state index contributed by atoms with van der Waals surface area (Å²) in [5.41, 5.74) is 1.16. The van der Waals surface area contributed by atoms with Crippen molar-refractivity contribution < 1.29 is 14.6 Å². The molecule has 1 saturated carbocycles. The zero-order chi connectivity index (χ0) is 17.6. The van der Waals surface area contributed by atoms with Gasteiger partial charge in [0.15, 0.2) is 0 Å². The van der Waals surface area contributed by atoms with E-state index in [1.807, 2.05) is 12.1 Å². The Labute approximate surface area is 150 Å². The largest absolute Gasteiger partial charge is 0.494 e. The molecular weight excluding hydrogens is 314 g/mol. The maximum Gasteiger partial charge on any atom is 0.308 e. The number of unbranched alkanes of at least 4 members (excludes halogenated alkanes) is 3. The third-order valence-electron chi connectivity index (χ3n) is 5.48. The zero-order valence-corrected chi connectivity index (χ0v) is 15.0. The molecule has 3 rings (SSSR count). The normalized spacial score (nSPS) is 26.9. The molecule has 0 spiro atoms. The van der Waals surface area contributed by atoms with Gasteiger partial charge < -0.3 is 15.2 Å². The molecule has 4 unspecified atom stereocenters. The first-order valence-electron chi connectivity index (χ1n) is 9.55. The fourth-order valence-electron chi connectivity index (χ4n) is 4.10. The van der Waals surface area contributed by atoms with Gasteiger partial charge in [0.05, 0.1) is 12.5 Å². The quantitative estimate of drug-likeness (QED) is 0.498. The smallest absolute Gasteiger partial charge is 0.308 e. The van der Waals surface area contributed by atoms with Gasteiger partial charge in [0, 0.05) is 12.6 Å². The lowest BCUT2D eigenvalue weighted by molar-refractivity contribution is -0.143. The van der Waals surface area contributed by atoms with Crippen molar-refractivity contribution in [1.29, 1.82) is 0 Å². The second kappa shape index (κ2) is 8.52. The number of hydrogen-bond donors (Lipinski definition) is 2. The fourth-order valence-corrected chi connectivity index (χ4v) is 4.10. The highest BCUT2D eigenvalue weighted by Gasteiger charge is 2.47. The van der Waals surface area contributed by atoms with Gasteiger partial charge in [-0.25, -0.2) is 0 Å². The highest BCUT2D eigenvalue weighted by Crippen LogP contribution is 2.43. The van der Waals surface area contributed by atoms with Crippen molar-refractivity contribution in [1.82, 2.24) is 5.32 Å². The lowest BCUT2D eigenvalue weighted by Crippen LogP contribution is -2.42. The van der Waals surface area contributed by atoms with Gasteiger partial charge in [-0.2, -0.15) is 0 Å². The number of rotatable bonds is 10. The van der Waals surface area contributed by atoms with Crippen LogP contribution in [0, 0.1) is 17.8 Å². The number of allylic oxidation sites excluding steroid dienone is 1. The number of carboxylic acid groups (broad SMARTS) is 1. The van der Waals surface area contributed by atoms with Crippen molar-refractivity contribution in [3.05, 3.63) is 42.0 Å². The Hall–Kier alpha value is -1.81. The van der Waals surface area contributed by atoms with Crippen LogP contribution < -0.4 is 10.1 Å². The number of benzene rings is 1. The molecule has 1 fully saturated rings. The summed E-state index contributed by atoms with van der Waals surface area (Å²) in [7, 11) is 0. The Balaban J connectivity index is 1.46. The number of carbonyl (C=O) groups is 1. The van der Waals surface area contributed by atoms with E-state index >= 15 is 0 Å². The van der Waals surface area contributed by atoms with Gasteiger partial charge in [-0.1, -0.05) is 50.5 Å². The Morgan fingerprint density at radius 3 is 2.64 bits per heavy atom. The summed E-state index contributed by atoms with van der Waals surface area (Å²) in [6, 6.07) is 8.18. The van der Waals surface area contributed by atoms with Gasteiger partial charge in [0.2, 0.25) is 0 Å². The molecule has 0 amide bonds. The number of carboxylic acids is 1. The van der Waals surface area contributed by atoms with E-state index in [4.69, 9.17) is 4.74 Å². The molecule has 2 N–H and O–H groups in total. The van der Waals surface area contributed by atoms with Crippen molar-refractivity contribution in [2.75, 3.05) is 6.61 Å². The second-order valence-electron chi connectivity index (χ2n) is 7.27. The average Bonchev–Trinajstić information content (AvgIpc) is 3.22. The topological polar surface area (TPSA) is 58.6 Å². The van der Waals surface area contributed by atoms with E-state index in [-0.39, 0.29) is 17.9 Å². The minimum Gasteiger partial charge on any atom is -0.494 e. The molecule has 4 atom stereocenters. The zero-order valence-electron chi connectivity index (χ0n) is 15.0. The van der Waals surface area contributed by atoms with Crippen LogP contribution in [0.3, 0.4) is 0 Å². The molecule has 2 aliphatic carbocycles. The van der Waals surface area contributed by atoms with Crippen LogP contribution in [0.15, 0.2) is 36.4 Å². The van der Waals surface area contributed by atoms with Crippen molar-refractivity contribution in [3.63, 3.8) is 0 Å². The number of aliphatic carboxylic acids is 1. The molecule has 2 bridgehead atoms. The number of fused-ring (bicyclic) bond motifs is 2. The third-order valence-corrected chi connectivity index (χ3v) is 5.48. The molecule has 25 heavy (non-hydrogen) atoms. The van der Waals surface area contributed by atoms with E-state index in [9.17, 15) is 9.90 Å². The monoisotopic (exact) mass is 343 g/mol. The van der Waals surface area contributed by atoms with Crippen molar-refractivity contribution >= 4 is 5.97 Å². The van der Waals surface area contributed by atoms with E-state index in [0.717, 1.165) is 30.8 Å². The minimum atomic E-state index is -0.679. The Morgan fingerprint density at radius 1 is 1.16 bits per heavy atom. The molecule has 0 heterocycles. The first-order chi connectivity index (χ1) is 12.2. The minimum absolute atomic E-state index is 0.0435. The van der Waals surface area contributed by atoms with Crippen LogP contribution in [0.5, 0.6) is 5.75 Å². The van der Waals surface area contributed by atoms with Crippen LogP contribution in [-0.4, -0.2) is 23.7 Å². The van der Waals surface area contributed by atoms with Gasteiger partial charge in [0.1, 0.15) is 5.75 Å². The molecule has 0 radical (unpaired) electrons. The van der Waals surface area contributed by atoms with Crippen LogP contribution >= 0.6 is 0 Å². The average molecular weight is 343 g/mol. The number of ether oxygens (including phenoxy) is 1. The van der Waals surface area contributed by atoms with Crippen LogP contribution in [0.1, 0.15) is 44.6 Å². The number of nitrogens with one attached hydrogen (secondary N) is 1. The molecular formula is C21H29NO3. The molecule has 4 nitrogen and oxygen atoms in total. The summed E-state index contributed by atoms with van der Waals surface area (Å²) in [4.78, 5) is 11.5. The molecule has 1 aromatic carbocycles. The predicted molar refractivity (Wildman–Crippen MR) is 98.6 cm³/mol. The maximum atomic E-state index is 11.5. The molecule has 136 valence electrons. The summed E-state index contributed by atoms with van der Waals surface area (Å²) in [5.74, 6) is 0.494. The van der Waals surface area contributed by atoms with E-state index in [1.165, 1.54) is 19.3 Å². The van der Waals surface area contributed by atoms with E-state index in [1.54, 1.807) is 0 Å². The lowest BCUT2D eigenvalue weighted by atomic mass is 9.89. The van der Waals surface area contributed by atoms with Crippen molar-refractivity contribution in [3.8, 4) is 5.75 Å². The van der Waals surface area contributed by atoms with Crippen LogP contribution in [-0.2, 0) is 11.3 Å². The standard InChI is InChI=1S/C21H29NO3/c1-2-3-4-5-12-25-18-10-6-15(7-11-18)14-22-20-17-9-8-16(13-17)19(20)21(23)24/h6-11,16-17,19-20,22H,2-5,12-14H2,1H3,(H,23,24). The summed E-state index contributed by atoms with van der Waals surface area (Å²) >= 11 is 0. The molecule has 0 saturated heterocycles. The van der Waals surface area contributed by atoms with Gasteiger partial charge in [-0.05, 0) is 42.4 Å². The summed E-state index contributed by atoms with van der Waals surface area (Å²) in [6.45, 7) is 3.68. The first kappa shape index (κ1) is 18.0. The van der Waals surface area contributed by atoms with Crippen LogP contribution in [0.2, 0.25) is 0 Å². The van der Waals surface area contributed by atoms with Gasteiger partial charge in [0.25, 0.3) is 0 Å². The highest BCUT2D eigenvalue weighted by atomic mass is 16.5. The Morgan fingerprint density at radius 2 is 1.92 bits per heavy atom. The summed E-state index contributed by atoms with van der Waals surface area (Å²) in [5, 5.41) is 13.0. The van der Waals surface area contributed by atoms with Gasteiger partial charge in [-0.3, -0.25) is 4.79 Å². The van der Waals surface area contributed by atoms with E-state index in [2.05, 4.69) is 36.5 Å². The van der Waals surface area contributed by atoms with Crippen molar-refractivity contribution in [2.45, 2.75) is 51.6 Å². The summed E-state index contributed by atoms with van der Waals surface area (Å²) < 4.78 is 5.77. The molecule has 1 aromatic rings. The third kappa shape index (κ3) is 4.43. The lowest BCUT2D eigenvalue weighted by Gasteiger charge is -2.26. The van der Waals surface area contributed by atoms with E-state index in [0.29, 0.717) is 12.5 Å². The fraction of sp³-hybridized carbons (Fsp3) is 0.571. The Kier molecular flexibility index (Phi) is 6.14. The maximum absolute atomic E-state index is 11.5. The molecule has 0 aromatic heterocycles. The SMILES string of the molecule is CCCCCCOc1ccc(CNC2C3C=CC(C3)C2C(=O)O)cc1. The van der Waals surface area contributed by atoms with Crippen LogP contribution in [0.4, 0.5) is 0 Å². The Bertz CT molecular complexity index is 596. The van der Waals surface area contributed by atoms with Crippen molar-refractivity contribution in [2.24, 2.45) is 17.8 Å². The molecule has 2 aliphatic rings. The number of hydrogen-bond acceptors (Lipinski definition) is 3. The second-order valence-corrected chi connectivity index (χ2v) is 7.27. The van der Waals surface area contributed by atoms with E-state index < -0.39 is 5.97 Å². The molecule has 0 aliphatic heterocycles. The van der Waals surface area contributed by atoms with Crippen LogP contribution in [0.25, 0.3) is 0 Å². The van der Waals surface area contributed by atoms with Gasteiger partial charge in [-0.15, -0.1) is 0 Å².